The predicted molar refractivity (Wildman–Crippen MR) is 63.1 cm³/mol. The van der Waals surface area contributed by atoms with Crippen LogP contribution in [0.1, 0.15) is 5.69 Å². The van der Waals surface area contributed by atoms with Crippen LogP contribution in [-0.4, -0.2) is 22.8 Å². The minimum Gasteiger partial charge on any atom is -0.282 e. The van der Waals surface area contributed by atoms with Crippen molar-refractivity contribution in [1.82, 2.24) is 9.78 Å². The maximum atomic E-state index is 11.0. The summed E-state index contributed by atoms with van der Waals surface area (Å²) in [6, 6.07) is 5.66. The lowest BCUT2D eigenvalue weighted by Crippen LogP contribution is -2.02. The number of halogens is 1. The van der Waals surface area contributed by atoms with Crippen LogP contribution in [0.5, 0.6) is 0 Å². The minimum absolute atomic E-state index is 0.218. The highest BCUT2D eigenvalue weighted by Crippen LogP contribution is 2.23. The molecular formula is C10H9ClN2O3S. The van der Waals surface area contributed by atoms with Crippen LogP contribution in [0.15, 0.2) is 35.4 Å². The predicted octanol–water partition coefficient (Wildman–Crippen LogP) is 2.08. The van der Waals surface area contributed by atoms with Gasteiger partial charge in [0.2, 0.25) is 0 Å². The van der Waals surface area contributed by atoms with E-state index < -0.39 is 10.1 Å². The van der Waals surface area contributed by atoms with Crippen LogP contribution in [-0.2, 0) is 10.1 Å². The van der Waals surface area contributed by atoms with Gasteiger partial charge < -0.3 is 0 Å². The van der Waals surface area contributed by atoms with E-state index in [1.54, 1.807) is 19.2 Å². The number of rotatable bonds is 2. The van der Waals surface area contributed by atoms with Crippen molar-refractivity contribution in [3.63, 3.8) is 0 Å². The van der Waals surface area contributed by atoms with Crippen molar-refractivity contribution in [2.45, 2.75) is 11.8 Å². The Hall–Kier alpha value is -1.37. The SMILES string of the molecule is Cc1ccn(-c2cc(S(=O)(=O)O)ccc2Cl)n1. The number of hydrogen-bond acceptors (Lipinski definition) is 3. The molecule has 0 atom stereocenters. The van der Waals surface area contributed by atoms with Crippen molar-refractivity contribution < 1.29 is 13.0 Å². The highest BCUT2D eigenvalue weighted by Gasteiger charge is 2.13. The summed E-state index contributed by atoms with van der Waals surface area (Å²) in [5, 5.41) is 4.47. The summed E-state index contributed by atoms with van der Waals surface area (Å²) in [5.41, 5.74) is 1.17. The molecule has 7 heteroatoms. The molecule has 0 aliphatic heterocycles. The van der Waals surface area contributed by atoms with Crippen LogP contribution in [0.4, 0.5) is 0 Å². The highest BCUT2D eigenvalue weighted by molar-refractivity contribution is 7.85. The van der Waals surface area contributed by atoms with Gasteiger partial charge in [-0.2, -0.15) is 13.5 Å². The molecule has 0 spiro atoms. The lowest BCUT2D eigenvalue weighted by Gasteiger charge is -2.06. The van der Waals surface area contributed by atoms with Crippen molar-refractivity contribution in [1.29, 1.82) is 0 Å². The Balaban J connectivity index is 2.62. The monoisotopic (exact) mass is 272 g/mol. The molecule has 0 aliphatic rings. The number of hydrogen-bond donors (Lipinski definition) is 1. The van der Waals surface area contributed by atoms with E-state index in [-0.39, 0.29) is 4.90 Å². The maximum absolute atomic E-state index is 11.0. The third kappa shape index (κ3) is 2.49. The zero-order valence-corrected chi connectivity index (χ0v) is 10.4. The summed E-state index contributed by atoms with van der Waals surface area (Å²) in [7, 11) is -4.24. The summed E-state index contributed by atoms with van der Waals surface area (Å²) >= 11 is 5.95. The fraction of sp³-hybridized carbons (Fsp3) is 0.100. The van der Waals surface area contributed by atoms with E-state index in [1.807, 2.05) is 0 Å². The van der Waals surface area contributed by atoms with Crippen LogP contribution in [0, 0.1) is 6.92 Å². The van der Waals surface area contributed by atoms with Gasteiger partial charge in [-0.15, -0.1) is 0 Å². The first-order valence-corrected chi connectivity index (χ1v) is 6.49. The molecule has 0 saturated carbocycles. The third-order valence-corrected chi connectivity index (χ3v) is 3.35. The second-order valence-corrected chi connectivity index (χ2v) is 5.32. The molecule has 0 bridgehead atoms. The van der Waals surface area contributed by atoms with Gasteiger partial charge in [0.05, 0.1) is 21.3 Å². The van der Waals surface area contributed by atoms with Gasteiger partial charge in [-0.05, 0) is 31.2 Å². The standard InChI is InChI=1S/C10H9ClN2O3S/c1-7-4-5-13(12-7)10-6-8(17(14,15)16)2-3-9(10)11/h2-6H,1H3,(H,14,15,16). The Labute approximate surface area is 103 Å². The van der Waals surface area contributed by atoms with Crippen LogP contribution < -0.4 is 0 Å². The third-order valence-electron chi connectivity index (χ3n) is 2.18. The first-order valence-electron chi connectivity index (χ1n) is 4.67. The van der Waals surface area contributed by atoms with E-state index in [2.05, 4.69) is 5.10 Å². The Bertz CT molecular complexity index is 664. The fourth-order valence-corrected chi connectivity index (χ4v) is 2.08. The van der Waals surface area contributed by atoms with Crippen LogP contribution in [0.3, 0.4) is 0 Å². The first-order chi connectivity index (χ1) is 7.88. The smallest absolute Gasteiger partial charge is 0.282 e. The lowest BCUT2D eigenvalue weighted by atomic mass is 10.3. The molecule has 2 aromatic rings. The van der Waals surface area contributed by atoms with E-state index in [1.165, 1.54) is 22.9 Å². The molecule has 5 nitrogen and oxygen atoms in total. The Morgan fingerprint density at radius 1 is 1.35 bits per heavy atom. The number of aromatic nitrogens is 2. The van der Waals surface area contributed by atoms with Crippen molar-refractivity contribution in [2.24, 2.45) is 0 Å². The topological polar surface area (TPSA) is 72.2 Å². The average molecular weight is 273 g/mol. The van der Waals surface area contributed by atoms with Gasteiger partial charge in [-0.3, -0.25) is 4.55 Å². The van der Waals surface area contributed by atoms with E-state index in [0.29, 0.717) is 10.7 Å². The lowest BCUT2D eigenvalue weighted by molar-refractivity contribution is 0.483. The maximum Gasteiger partial charge on any atom is 0.294 e. The second-order valence-electron chi connectivity index (χ2n) is 3.49. The summed E-state index contributed by atoms with van der Waals surface area (Å²) in [4.78, 5) is -0.218. The molecule has 90 valence electrons. The van der Waals surface area contributed by atoms with E-state index in [9.17, 15) is 8.42 Å². The van der Waals surface area contributed by atoms with Crippen molar-refractivity contribution in [3.8, 4) is 5.69 Å². The second kappa shape index (κ2) is 4.14. The molecule has 1 heterocycles. The summed E-state index contributed by atoms with van der Waals surface area (Å²) in [5.74, 6) is 0. The van der Waals surface area contributed by atoms with Crippen molar-refractivity contribution in [3.05, 3.63) is 41.2 Å². The average Bonchev–Trinajstić information content (AvgIpc) is 2.63. The molecule has 17 heavy (non-hydrogen) atoms. The number of aryl methyl sites for hydroxylation is 1. The number of benzene rings is 1. The molecule has 1 N–H and O–H groups in total. The molecule has 0 amide bonds. The zero-order valence-electron chi connectivity index (χ0n) is 8.83. The van der Waals surface area contributed by atoms with E-state index in [4.69, 9.17) is 16.2 Å². The van der Waals surface area contributed by atoms with Gasteiger partial charge >= 0.3 is 0 Å². The summed E-state index contributed by atoms with van der Waals surface area (Å²) in [6.45, 7) is 1.80. The van der Waals surface area contributed by atoms with E-state index >= 15 is 0 Å². The van der Waals surface area contributed by atoms with Gasteiger partial charge in [0.1, 0.15) is 0 Å². The van der Waals surface area contributed by atoms with Gasteiger partial charge in [-0.25, -0.2) is 4.68 Å². The van der Waals surface area contributed by atoms with Gasteiger partial charge in [-0.1, -0.05) is 11.6 Å². The Morgan fingerprint density at radius 3 is 2.59 bits per heavy atom. The molecule has 2 rings (SSSR count). The van der Waals surface area contributed by atoms with Gasteiger partial charge in [0, 0.05) is 6.20 Å². The fourth-order valence-electron chi connectivity index (χ4n) is 1.38. The first kappa shape index (κ1) is 12.1. The largest absolute Gasteiger partial charge is 0.294 e. The van der Waals surface area contributed by atoms with E-state index in [0.717, 1.165) is 5.69 Å². The minimum atomic E-state index is -4.24. The molecule has 0 radical (unpaired) electrons. The molecule has 0 saturated heterocycles. The molecular weight excluding hydrogens is 264 g/mol. The highest BCUT2D eigenvalue weighted by atomic mass is 35.5. The Morgan fingerprint density at radius 2 is 2.06 bits per heavy atom. The van der Waals surface area contributed by atoms with Crippen LogP contribution in [0.2, 0.25) is 5.02 Å². The summed E-state index contributed by atoms with van der Waals surface area (Å²) in [6.07, 6.45) is 1.66. The zero-order chi connectivity index (χ0) is 12.6. The van der Waals surface area contributed by atoms with Gasteiger partial charge in [0.15, 0.2) is 0 Å². The van der Waals surface area contributed by atoms with Crippen molar-refractivity contribution >= 4 is 21.7 Å². The van der Waals surface area contributed by atoms with Crippen LogP contribution >= 0.6 is 11.6 Å². The summed E-state index contributed by atoms with van der Waals surface area (Å²) < 4.78 is 32.4. The number of nitrogens with zero attached hydrogens (tertiary/aromatic N) is 2. The normalized spacial score (nSPS) is 11.7. The molecule has 1 aromatic carbocycles. The molecule has 0 unspecified atom stereocenters. The molecule has 0 fully saturated rings. The van der Waals surface area contributed by atoms with Crippen LogP contribution in [0.25, 0.3) is 5.69 Å². The quantitative estimate of drug-likeness (QED) is 0.850. The molecule has 0 aliphatic carbocycles. The Kier molecular flexibility index (Phi) is 2.94. The molecule has 1 aromatic heterocycles. The van der Waals surface area contributed by atoms with Crippen molar-refractivity contribution in [2.75, 3.05) is 0 Å². The van der Waals surface area contributed by atoms with Gasteiger partial charge in [0.25, 0.3) is 10.1 Å².